The van der Waals surface area contributed by atoms with Gasteiger partial charge in [-0.3, -0.25) is 10.4 Å². The van der Waals surface area contributed by atoms with Gasteiger partial charge in [0.25, 0.3) is 0 Å². The van der Waals surface area contributed by atoms with Crippen LogP contribution in [0.25, 0.3) is 10.9 Å². The van der Waals surface area contributed by atoms with E-state index in [1.165, 1.54) is 0 Å². The Balaban J connectivity index is 1.68. The molecule has 1 aromatic carbocycles. The Kier molecular flexibility index (Phi) is 4.26. The number of aromatic amines is 1. The maximum absolute atomic E-state index is 12.2. The normalized spacial score (nSPS) is 12.1. The fourth-order valence-corrected chi connectivity index (χ4v) is 2.49. The lowest BCUT2D eigenvalue weighted by atomic mass is 10.1. The van der Waals surface area contributed by atoms with E-state index in [0.29, 0.717) is 27.6 Å². The molecule has 24 heavy (non-hydrogen) atoms. The summed E-state index contributed by atoms with van der Waals surface area (Å²) in [5.74, 6) is 0.781. The van der Waals surface area contributed by atoms with Gasteiger partial charge in [-0.25, -0.2) is 9.78 Å². The smallest absolute Gasteiger partial charge is 0.320 e. The van der Waals surface area contributed by atoms with Crippen LogP contribution in [-0.2, 0) is 0 Å². The number of aryl methyl sites for hydroxylation is 1. The van der Waals surface area contributed by atoms with Crippen LogP contribution in [0.1, 0.15) is 24.1 Å². The molecule has 7 nitrogen and oxygen atoms in total. The number of pyridine rings is 1. The number of hydrogen-bond donors (Lipinski definition) is 4. The fourth-order valence-electron chi connectivity index (χ4n) is 2.37. The summed E-state index contributed by atoms with van der Waals surface area (Å²) < 4.78 is 0. The topological polar surface area (TPSA) is 109 Å². The third-order valence-corrected chi connectivity index (χ3v) is 4.17. The van der Waals surface area contributed by atoms with E-state index in [9.17, 15) is 4.79 Å². The zero-order valence-corrected chi connectivity index (χ0v) is 14.0. The first-order chi connectivity index (χ1) is 11.4. The number of nitrogens with zero attached hydrogens (tertiary/aromatic N) is 2. The first-order valence-electron chi connectivity index (χ1n) is 7.37. The second-order valence-electron chi connectivity index (χ2n) is 5.55. The molecule has 0 spiro atoms. The number of nitrogens with one attached hydrogen (secondary N) is 3. The number of halogens is 1. The second kappa shape index (κ2) is 6.37. The maximum atomic E-state index is 12.2. The van der Waals surface area contributed by atoms with E-state index in [0.717, 1.165) is 11.1 Å². The molecule has 0 fully saturated rings. The molecule has 3 rings (SSSR count). The monoisotopic (exact) mass is 344 g/mol. The predicted octanol–water partition coefficient (Wildman–Crippen LogP) is 3.38. The van der Waals surface area contributed by atoms with E-state index in [2.05, 4.69) is 25.8 Å². The first-order valence-corrected chi connectivity index (χ1v) is 7.75. The van der Waals surface area contributed by atoms with E-state index in [4.69, 9.17) is 17.3 Å². The number of nitrogen functional groups attached to an aromatic ring is 1. The number of hydrogen-bond acceptors (Lipinski definition) is 4. The quantitative estimate of drug-likeness (QED) is 0.584. The Bertz CT molecular complexity index is 907. The third kappa shape index (κ3) is 3.26. The van der Waals surface area contributed by atoms with Gasteiger partial charge in [-0.05, 0) is 31.0 Å². The summed E-state index contributed by atoms with van der Waals surface area (Å²) >= 11 is 6.02. The Hall–Kier alpha value is -2.80. The molecule has 0 bridgehead atoms. The largest absolute Gasteiger partial charge is 0.382 e. The molecule has 0 aliphatic carbocycles. The summed E-state index contributed by atoms with van der Waals surface area (Å²) in [5.41, 5.74) is 8.33. The lowest BCUT2D eigenvalue weighted by Crippen LogP contribution is -2.31. The van der Waals surface area contributed by atoms with Crippen molar-refractivity contribution in [3.8, 4) is 0 Å². The minimum absolute atomic E-state index is 0.174. The van der Waals surface area contributed by atoms with Crippen molar-refractivity contribution in [2.75, 3.05) is 11.1 Å². The van der Waals surface area contributed by atoms with Gasteiger partial charge >= 0.3 is 6.03 Å². The number of aromatic nitrogens is 3. The fraction of sp³-hybridized carbons (Fsp3) is 0.188. The van der Waals surface area contributed by atoms with Crippen molar-refractivity contribution in [3.63, 3.8) is 0 Å². The minimum atomic E-state index is -0.352. The number of anilines is 2. The van der Waals surface area contributed by atoms with Crippen molar-refractivity contribution in [1.29, 1.82) is 0 Å². The van der Waals surface area contributed by atoms with Crippen LogP contribution in [0.2, 0.25) is 5.02 Å². The van der Waals surface area contributed by atoms with Crippen molar-refractivity contribution in [3.05, 3.63) is 46.6 Å². The Morgan fingerprint density at radius 3 is 2.92 bits per heavy atom. The van der Waals surface area contributed by atoms with E-state index >= 15 is 0 Å². The SMILES string of the molecule is Cc1cc([C@@H](C)NC(=O)Nc2cc3[nH]nc(N)c3cn2)ccc1Cl. The van der Waals surface area contributed by atoms with Gasteiger partial charge in [-0.1, -0.05) is 23.7 Å². The van der Waals surface area contributed by atoms with Crippen LogP contribution in [0.15, 0.2) is 30.5 Å². The van der Waals surface area contributed by atoms with Crippen molar-refractivity contribution in [2.45, 2.75) is 19.9 Å². The van der Waals surface area contributed by atoms with Gasteiger partial charge in [0.2, 0.25) is 0 Å². The van der Waals surface area contributed by atoms with Gasteiger partial charge in [0.1, 0.15) is 5.82 Å². The lowest BCUT2D eigenvalue weighted by molar-refractivity contribution is 0.249. The lowest BCUT2D eigenvalue weighted by Gasteiger charge is -2.15. The van der Waals surface area contributed by atoms with Gasteiger partial charge in [-0.2, -0.15) is 5.10 Å². The second-order valence-corrected chi connectivity index (χ2v) is 5.96. The molecule has 1 atom stereocenters. The number of carbonyl (C=O) groups is 1. The van der Waals surface area contributed by atoms with Crippen molar-refractivity contribution < 1.29 is 4.79 Å². The number of benzene rings is 1. The molecular weight excluding hydrogens is 328 g/mol. The van der Waals surface area contributed by atoms with E-state index in [-0.39, 0.29) is 12.1 Å². The number of H-pyrrole nitrogens is 1. The third-order valence-electron chi connectivity index (χ3n) is 3.75. The minimum Gasteiger partial charge on any atom is -0.382 e. The molecule has 0 saturated heterocycles. The van der Waals surface area contributed by atoms with Crippen LogP contribution in [0.5, 0.6) is 0 Å². The van der Waals surface area contributed by atoms with Crippen LogP contribution in [0.4, 0.5) is 16.4 Å². The number of fused-ring (bicyclic) bond motifs is 1. The van der Waals surface area contributed by atoms with Gasteiger partial charge in [0, 0.05) is 17.3 Å². The first kappa shape index (κ1) is 16.1. The van der Waals surface area contributed by atoms with Gasteiger partial charge in [0.05, 0.1) is 16.9 Å². The summed E-state index contributed by atoms with van der Waals surface area (Å²) in [4.78, 5) is 16.3. The molecule has 0 aliphatic heterocycles. The number of nitrogens with two attached hydrogens (primary N) is 1. The molecule has 3 aromatic rings. The summed E-state index contributed by atoms with van der Waals surface area (Å²) in [6.07, 6.45) is 1.57. The van der Waals surface area contributed by atoms with Gasteiger partial charge < -0.3 is 11.1 Å². The Morgan fingerprint density at radius 2 is 2.17 bits per heavy atom. The molecule has 0 unspecified atom stereocenters. The molecule has 2 amide bonds. The van der Waals surface area contributed by atoms with Crippen LogP contribution >= 0.6 is 11.6 Å². The predicted molar refractivity (Wildman–Crippen MR) is 95.1 cm³/mol. The van der Waals surface area contributed by atoms with Gasteiger partial charge in [0.15, 0.2) is 5.82 Å². The van der Waals surface area contributed by atoms with E-state index < -0.39 is 0 Å². The van der Waals surface area contributed by atoms with Crippen molar-refractivity contribution in [1.82, 2.24) is 20.5 Å². The highest BCUT2D eigenvalue weighted by Gasteiger charge is 2.12. The van der Waals surface area contributed by atoms with E-state index in [1.54, 1.807) is 12.3 Å². The van der Waals surface area contributed by atoms with Crippen LogP contribution in [0.3, 0.4) is 0 Å². The van der Waals surface area contributed by atoms with Gasteiger partial charge in [-0.15, -0.1) is 0 Å². The molecule has 2 heterocycles. The summed E-state index contributed by atoms with van der Waals surface area (Å²) in [5, 5.41) is 13.6. The van der Waals surface area contributed by atoms with Crippen LogP contribution < -0.4 is 16.4 Å². The maximum Gasteiger partial charge on any atom is 0.320 e. The average Bonchev–Trinajstić information content (AvgIpc) is 2.90. The molecule has 0 radical (unpaired) electrons. The van der Waals surface area contributed by atoms with Crippen molar-refractivity contribution >= 4 is 40.2 Å². The van der Waals surface area contributed by atoms with E-state index in [1.807, 2.05) is 32.0 Å². The van der Waals surface area contributed by atoms with Crippen LogP contribution in [-0.4, -0.2) is 21.2 Å². The van der Waals surface area contributed by atoms with Crippen LogP contribution in [0, 0.1) is 6.92 Å². The number of urea groups is 1. The summed E-state index contributed by atoms with van der Waals surface area (Å²) in [7, 11) is 0. The standard InChI is InChI=1S/C16H17ClN6O/c1-8-5-10(3-4-12(8)17)9(2)20-16(24)21-14-6-13-11(7-19-14)15(18)23-22-13/h3-7,9H,1-2H3,(H3,18,22,23)(H2,19,20,21,24)/t9-/m1/s1. The number of rotatable bonds is 3. The Morgan fingerprint density at radius 1 is 1.38 bits per heavy atom. The number of carbonyl (C=O) groups excluding carboxylic acids is 1. The molecular formula is C16H17ClN6O. The highest BCUT2D eigenvalue weighted by molar-refractivity contribution is 6.31. The molecule has 5 N–H and O–H groups in total. The zero-order chi connectivity index (χ0) is 17.3. The molecule has 8 heteroatoms. The molecule has 124 valence electrons. The Labute approximate surface area is 143 Å². The zero-order valence-electron chi connectivity index (χ0n) is 13.2. The highest BCUT2D eigenvalue weighted by atomic mass is 35.5. The summed E-state index contributed by atoms with van der Waals surface area (Å²) in [6.45, 7) is 3.82. The highest BCUT2D eigenvalue weighted by Crippen LogP contribution is 2.21. The summed E-state index contributed by atoms with van der Waals surface area (Å²) in [6, 6.07) is 6.81. The average molecular weight is 345 g/mol. The molecule has 0 aliphatic rings. The number of amides is 2. The molecule has 2 aromatic heterocycles. The molecule has 0 saturated carbocycles. The van der Waals surface area contributed by atoms with Crippen molar-refractivity contribution in [2.24, 2.45) is 0 Å².